The van der Waals surface area contributed by atoms with E-state index in [-0.39, 0.29) is 50.3 Å². The molecule has 0 atom stereocenters. The first-order chi connectivity index (χ1) is 17.6. The van der Waals surface area contributed by atoms with Crippen molar-refractivity contribution in [2.75, 3.05) is 36.7 Å². The average Bonchev–Trinajstić information content (AvgIpc) is 3.24. The minimum Gasteiger partial charge on any atom is -0.494 e. The first-order valence-corrected chi connectivity index (χ1v) is 13.7. The molecular formula is C23H21BrCl3N5O4S. The lowest BCUT2D eigenvalue weighted by atomic mass is 10.1. The zero-order valence-electron chi connectivity index (χ0n) is 19.5. The molecule has 196 valence electrons. The molecule has 9 nitrogen and oxygen atoms in total. The highest BCUT2D eigenvalue weighted by Gasteiger charge is 2.24. The lowest BCUT2D eigenvalue weighted by molar-refractivity contribution is 0.102. The number of rotatable bonds is 9. The van der Waals surface area contributed by atoms with Gasteiger partial charge in [-0.15, -0.1) is 11.3 Å². The quantitative estimate of drug-likeness (QED) is 0.241. The summed E-state index contributed by atoms with van der Waals surface area (Å²) in [5, 5.41) is 11.2. The maximum absolute atomic E-state index is 13.2. The van der Waals surface area contributed by atoms with Gasteiger partial charge in [-0.2, -0.15) is 0 Å². The van der Waals surface area contributed by atoms with Crippen LogP contribution in [0.1, 0.15) is 25.6 Å². The number of carbonyl (C=O) groups is 3. The number of methoxy groups -OCH3 is 1. The third kappa shape index (κ3) is 7.48. The van der Waals surface area contributed by atoms with Crippen LogP contribution in [0.15, 0.2) is 35.8 Å². The van der Waals surface area contributed by atoms with Gasteiger partial charge < -0.3 is 25.6 Å². The van der Waals surface area contributed by atoms with Gasteiger partial charge in [-0.25, -0.2) is 9.78 Å². The van der Waals surface area contributed by atoms with Gasteiger partial charge in [0.25, 0.3) is 11.8 Å². The molecule has 0 bridgehead atoms. The summed E-state index contributed by atoms with van der Waals surface area (Å²) in [7, 11) is 3.01. The molecule has 0 spiro atoms. The highest BCUT2D eigenvalue weighted by Crippen LogP contribution is 2.35. The molecule has 0 saturated heterocycles. The molecule has 4 amide bonds. The van der Waals surface area contributed by atoms with Gasteiger partial charge in [-0.1, -0.05) is 50.7 Å². The molecule has 37 heavy (non-hydrogen) atoms. The number of halogens is 4. The third-order valence-electron chi connectivity index (χ3n) is 4.87. The Morgan fingerprint density at radius 2 is 1.86 bits per heavy atom. The van der Waals surface area contributed by atoms with Crippen LogP contribution in [0.4, 0.5) is 16.3 Å². The fraction of sp³-hybridized carbons (Fsp3) is 0.217. The molecule has 0 fully saturated rings. The lowest BCUT2D eigenvalue weighted by Crippen LogP contribution is -2.37. The summed E-state index contributed by atoms with van der Waals surface area (Å²) in [5.74, 6) is -0.723. The van der Waals surface area contributed by atoms with Crippen LogP contribution in [0, 0.1) is 0 Å². The molecule has 0 radical (unpaired) electrons. The number of amides is 4. The van der Waals surface area contributed by atoms with Gasteiger partial charge in [0.15, 0.2) is 0 Å². The van der Waals surface area contributed by atoms with Crippen LogP contribution in [0.25, 0.3) is 0 Å². The molecule has 3 rings (SSSR count). The number of aromatic nitrogens is 1. The Labute approximate surface area is 240 Å². The molecule has 0 aliphatic heterocycles. The molecule has 1 aromatic carbocycles. The van der Waals surface area contributed by atoms with E-state index in [0.29, 0.717) is 22.5 Å². The molecule has 3 aromatic rings. The Bertz CT molecular complexity index is 1310. The van der Waals surface area contributed by atoms with E-state index in [1.165, 1.54) is 36.4 Å². The monoisotopic (exact) mass is 647 g/mol. The van der Waals surface area contributed by atoms with E-state index in [0.717, 1.165) is 11.3 Å². The zero-order valence-corrected chi connectivity index (χ0v) is 24.2. The number of thiophene rings is 1. The first kappa shape index (κ1) is 29.0. The first-order valence-electron chi connectivity index (χ1n) is 10.6. The van der Waals surface area contributed by atoms with Gasteiger partial charge in [-0.05, 0) is 23.6 Å². The van der Waals surface area contributed by atoms with Crippen molar-refractivity contribution in [3.8, 4) is 5.75 Å². The van der Waals surface area contributed by atoms with E-state index in [2.05, 4.69) is 36.9 Å². The van der Waals surface area contributed by atoms with Gasteiger partial charge in [0, 0.05) is 48.3 Å². The van der Waals surface area contributed by atoms with Gasteiger partial charge in [0.2, 0.25) is 0 Å². The fourth-order valence-corrected chi connectivity index (χ4v) is 4.87. The molecule has 0 unspecified atom stereocenters. The van der Waals surface area contributed by atoms with Crippen LogP contribution >= 0.6 is 62.1 Å². The van der Waals surface area contributed by atoms with Crippen molar-refractivity contribution in [2.24, 2.45) is 0 Å². The number of hydrogen-bond acceptors (Lipinski definition) is 6. The number of benzene rings is 1. The number of hydrogen-bond donors (Lipinski definition) is 3. The molecule has 3 N–H and O–H groups in total. The van der Waals surface area contributed by atoms with Crippen LogP contribution < -0.4 is 20.7 Å². The summed E-state index contributed by atoms with van der Waals surface area (Å²) >= 11 is 22.9. The fourth-order valence-electron chi connectivity index (χ4n) is 3.11. The highest BCUT2D eigenvalue weighted by atomic mass is 79.9. The molecule has 2 heterocycles. The maximum Gasteiger partial charge on any atom is 0.317 e. The second-order valence-corrected chi connectivity index (χ2v) is 10.4. The number of nitrogens with zero attached hydrogens (tertiary/aromatic N) is 2. The number of nitrogens with one attached hydrogen (secondary N) is 3. The number of carbonyl (C=O) groups excluding carboxylic acids is 3. The predicted octanol–water partition coefficient (Wildman–Crippen LogP) is 6.15. The SMILES string of the molecule is COc1cc(Cl)cc(C(=O)Nc2ccc(Cl)cn2)c1NC(=O)c1scc(CN(C)C(=O)NCCBr)c1Cl. The Morgan fingerprint density at radius 1 is 1.11 bits per heavy atom. The van der Waals surface area contributed by atoms with Crippen LogP contribution in [-0.2, 0) is 6.54 Å². The zero-order chi connectivity index (χ0) is 27.1. The van der Waals surface area contributed by atoms with Crippen molar-refractivity contribution in [1.29, 1.82) is 0 Å². The van der Waals surface area contributed by atoms with E-state index in [9.17, 15) is 14.4 Å². The number of alkyl halides is 1. The summed E-state index contributed by atoms with van der Waals surface area (Å²) in [6.07, 6.45) is 1.39. The largest absolute Gasteiger partial charge is 0.494 e. The number of pyridine rings is 1. The van der Waals surface area contributed by atoms with E-state index in [4.69, 9.17) is 39.5 Å². The van der Waals surface area contributed by atoms with E-state index < -0.39 is 11.8 Å². The van der Waals surface area contributed by atoms with Gasteiger partial charge in [-0.3, -0.25) is 9.59 Å². The normalized spacial score (nSPS) is 10.5. The molecule has 0 saturated carbocycles. The van der Waals surface area contributed by atoms with Crippen LogP contribution in [0.2, 0.25) is 15.1 Å². The average molecular weight is 650 g/mol. The second kappa shape index (κ2) is 13.3. The Kier molecular flexibility index (Phi) is 10.4. The molecule has 2 aromatic heterocycles. The maximum atomic E-state index is 13.2. The smallest absolute Gasteiger partial charge is 0.317 e. The van der Waals surface area contributed by atoms with Crippen molar-refractivity contribution >= 4 is 91.4 Å². The summed E-state index contributed by atoms with van der Waals surface area (Å²) in [6.45, 7) is 0.670. The van der Waals surface area contributed by atoms with Crippen molar-refractivity contribution < 1.29 is 19.1 Å². The van der Waals surface area contributed by atoms with E-state index >= 15 is 0 Å². The Hall–Kier alpha value is -2.57. The van der Waals surface area contributed by atoms with Gasteiger partial charge >= 0.3 is 6.03 Å². The van der Waals surface area contributed by atoms with Crippen LogP contribution in [0.3, 0.4) is 0 Å². The lowest BCUT2D eigenvalue weighted by Gasteiger charge is -2.17. The molecule has 0 aliphatic rings. The highest BCUT2D eigenvalue weighted by molar-refractivity contribution is 9.09. The van der Waals surface area contributed by atoms with Crippen molar-refractivity contribution in [3.05, 3.63) is 66.9 Å². The number of anilines is 2. The number of urea groups is 1. The van der Waals surface area contributed by atoms with Gasteiger partial charge in [0.1, 0.15) is 16.4 Å². The molecular weight excluding hydrogens is 629 g/mol. The predicted molar refractivity (Wildman–Crippen MR) is 151 cm³/mol. The van der Waals surface area contributed by atoms with E-state index in [1.54, 1.807) is 18.5 Å². The van der Waals surface area contributed by atoms with Gasteiger partial charge in [0.05, 0.1) is 28.4 Å². The van der Waals surface area contributed by atoms with E-state index in [1.807, 2.05) is 0 Å². The third-order valence-corrected chi connectivity index (χ3v) is 7.28. The topological polar surface area (TPSA) is 113 Å². The minimum absolute atomic E-state index is 0.0468. The second-order valence-electron chi connectivity index (χ2n) is 7.48. The van der Waals surface area contributed by atoms with Crippen molar-refractivity contribution in [2.45, 2.75) is 6.54 Å². The summed E-state index contributed by atoms with van der Waals surface area (Å²) in [6, 6.07) is 5.70. The Morgan fingerprint density at radius 3 is 2.51 bits per heavy atom. The van der Waals surface area contributed by atoms with Crippen LogP contribution in [-0.4, -0.2) is 53.8 Å². The summed E-state index contributed by atoms with van der Waals surface area (Å²) < 4.78 is 5.37. The molecule has 14 heteroatoms. The summed E-state index contributed by atoms with van der Waals surface area (Å²) in [4.78, 5) is 44.1. The molecule has 0 aliphatic carbocycles. The van der Waals surface area contributed by atoms with Crippen molar-refractivity contribution in [3.63, 3.8) is 0 Å². The standard InChI is InChI=1S/C23H21BrCl3N5O4S/c1-32(23(35)28-6-5-24)10-12-11-37-20(18(12)27)22(34)31-19-15(7-14(26)8-16(19)36-2)21(33)30-17-4-3-13(25)9-29-17/h3-4,7-9,11H,5-6,10H2,1-2H3,(H,28,35)(H,31,34)(H,29,30,33). The summed E-state index contributed by atoms with van der Waals surface area (Å²) in [5.41, 5.74) is 0.745. The van der Waals surface area contributed by atoms with Crippen LogP contribution in [0.5, 0.6) is 5.75 Å². The minimum atomic E-state index is -0.583. The van der Waals surface area contributed by atoms with Crippen molar-refractivity contribution in [1.82, 2.24) is 15.2 Å². The Balaban J connectivity index is 1.84. The number of ether oxygens (including phenoxy) is 1.